The molecule has 0 spiro atoms. The van der Waals surface area contributed by atoms with E-state index < -0.39 is 17.7 Å². The lowest BCUT2D eigenvalue weighted by atomic mass is 9.87. The first-order chi connectivity index (χ1) is 16.2. The van der Waals surface area contributed by atoms with Crippen LogP contribution in [0.15, 0.2) is 73.3 Å². The topological polar surface area (TPSA) is 81.5 Å². The summed E-state index contributed by atoms with van der Waals surface area (Å²) in [4.78, 5) is 20.5. The fourth-order valence-electron chi connectivity index (χ4n) is 3.88. The molecule has 34 heavy (non-hydrogen) atoms. The summed E-state index contributed by atoms with van der Waals surface area (Å²) in [6.07, 6.45) is 3.33. The number of benzene rings is 3. The number of ether oxygens (including phenoxy) is 2. The maximum atomic E-state index is 12.6. The van der Waals surface area contributed by atoms with Crippen LogP contribution in [0.3, 0.4) is 0 Å². The summed E-state index contributed by atoms with van der Waals surface area (Å²) in [6, 6.07) is 17.2. The van der Waals surface area contributed by atoms with Crippen LogP contribution in [0.1, 0.15) is 38.0 Å². The lowest BCUT2D eigenvalue weighted by Crippen LogP contribution is -2.28. The first-order valence-corrected chi connectivity index (χ1v) is 11.2. The molecular formula is C27H25ClN2O4. The highest BCUT2D eigenvalue weighted by Gasteiger charge is 2.32. The molecule has 3 aromatic carbocycles. The number of carbonyl (C=O) groups is 1. The molecule has 0 aliphatic rings. The van der Waals surface area contributed by atoms with Gasteiger partial charge in [0.15, 0.2) is 11.9 Å². The van der Waals surface area contributed by atoms with Gasteiger partial charge < -0.3 is 14.6 Å². The van der Waals surface area contributed by atoms with Gasteiger partial charge in [-0.05, 0) is 66.4 Å². The standard InChI is InChI=1S/C27H25ClN2O4/c1-27(2,3)34-25(26(31)32)24-19(15-33-21-13-29-16-30-14-21)12-18-6-4-5-7-22(18)23(24)17-8-10-20(28)11-9-17/h4-14,16,25H,15H2,1-3H3,(H,31,32). The molecule has 1 aromatic heterocycles. The monoisotopic (exact) mass is 476 g/mol. The van der Waals surface area contributed by atoms with Crippen LogP contribution in [0.4, 0.5) is 0 Å². The van der Waals surface area contributed by atoms with Gasteiger partial charge in [0, 0.05) is 10.6 Å². The molecule has 4 aromatic rings. The minimum Gasteiger partial charge on any atom is -0.486 e. The van der Waals surface area contributed by atoms with Crippen molar-refractivity contribution >= 4 is 28.3 Å². The molecule has 0 aliphatic carbocycles. The third-order valence-corrected chi connectivity index (χ3v) is 5.45. The van der Waals surface area contributed by atoms with E-state index in [4.69, 9.17) is 21.1 Å². The van der Waals surface area contributed by atoms with Crippen molar-refractivity contribution in [1.82, 2.24) is 9.97 Å². The van der Waals surface area contributed by atoms with Gasteiger partial charge in [-0.15, -0.1) is 0 Å². The molecule has 0 aliphatic heterocycles. The molecule has 1 N–H and O–H groups in total. The Labute approximate surface area is 203 Å². The van der Waals surface area contributed by atoms with Crippen LogP contribution in [0.25, 0.3) is 21.9 Å². The van der Waals surface area contributed by atoms with Gasteiger partial charge in [0.2, 0.25) is 0 Å². The molecule has 0 fully saturated rings. The van der Waals surface area contributed by atoms with Crippen molar-refractivity contribution in [3.05, 3.63) is 89.5 Å². The molecule has 0 saturated carbocycles. The van der Waals surface area contributed by atoms with E-state index in [1.807, 2.05) is 63.2 Å². The Bertz CT molecular complexity index is 1300. The maximum Gasteiger partial charge on any atom is 0.337 e. The molecule has 0 saturated heterocycles. The van der Waals surface area contributed by atoms with E-state index in [2.05, 4.69) is 9.97 Å². The number of carboxylic acid groups (broad SMARTS) is 1. The van der Waals surface area contributed by atoms with E-state index in [1.54, 1.807) is 24.5 Å². The van der Waals surface area contributed by atoms with Crippen molar-refractivity contribution in [1.29, 1.82) is 0 Å². The highest BCUT2D eigenvalue weighted by molar-refractivity contribution is 6.30. The zero-order valence-electron chi connectivity index (χ0n) is 19.2. The van der Waals surface area contributed by atoms with Gasteiger partial charge in [-0.25, -0.2) is 14.8 Å². The molecule has 1 atom stereocenters. The molecule has 4 rings (SSSR count). The molecule has 6 nitrogen and oxygen atoms in total. The fourth-order valence-corrected chi connectivity index (χ4v) is 4.00. The Morgan fingerprint density at radius 3 is 2.38 bits per heavy atom. The molecule has 7 heteroatoms. The third-order valence-electron chi connectivity index (χ3n) is 5.20. The second-order valence-electron chi connectivity index (χ2n) is 8.86. The lowest BCUT2D eigenvalue weighted by molar-refractivity contribution is -0.160. The zero-order chi connectivity index (χ0) is 24.3. The van der Waals surface area contributed by atoms with Crippen molar-refractivity contribution in [2.75, 3.05) is 0 Å². The molecular weight excluding hydrogens is 452 g/mol. The summed E-state index contributed by atoms with van der Waals surface area (Å²) >= 11 is 6.16. The van der Waals surface area contributed by atoms with Gasteiger partial charge in [-0.2, -0.15) is 0 Å². The summed E-state index contributed by atoms with van der Waals surface area (Å²) in [5.74, 6) is -0.594. The Morgan fingerprint density at radius 1 is 1.06 bits per heavy atom. The van der Waals surface area contributed by atoms with E-state index in [1.165, 1.54) is 6.33 Å². The number of rotatable bonds is 7. The smallest absolute Gasteiger partial charge is 0.337 e. The number of fused-ring (bicyclic) bond motifs is 1. The SMILES string of the molecule is CC(C)(C)OC(C(=O)O)c1c(COc2cncnc2)cc2ccccc2c1-c1ccc(Cl)cc1. The van der Waals surface area contributed by atoms with Crippen LogP contribution in [0, 0.1) is 0 Å². The van der Waals surface area contributed by atoms with E-state index >= 15 is 0 Å². The lowest BCUT2D eigenvalue weighted by Gasteiger charge is -2.29. The van der Waals surface area contributed by atoms with Crippen molar-refractivity contribution in [2.45, 2.75) is 39.1 Å². The Morgan fingerprint density at radius 2 is 1.74 bits per heavy atom. The van der Waals surface area contributed by atoms with Crippen molar-refractivity contribution in [3.63, 3.8) is 0 Å². The van der Waals surface area contributed by atoms with Gasteiger partial charge in [0.25, 0.3) is 0 Å². The van der Waals surface area contributed by atoms with Gasteiger partial charge in [0.05, 0.1) is 18.0 Å². The molecule has 174 valence electrons. The first kappa shape index (κ1) is 23.7. The van der Waals surface area contributed by atoms with E-state index in [0.29, 0.717) is 21.9 Å². The predicted molar refractivity (Wildman–Crippen MR) is 132 cm³/mol. The molecule has 0 bridgehead atoms. The van der Waals surface area contributed by atoms with E-state index in [9.17, 15) is 9.90 Å². The average molecular weight is 477 g/mol. The third kappa shape index (κ3) is 5.35. The summed E-state index contributed by atoms with van der Waals surface area (Å²) in [7, 11) is 0. The Kier molecular flexibility index (Phi) is 6.82. The summed E-state index contributed by atoms with van der Waals surface area (Å²) in [5, 5.41) is 12.7. The maximum absolute atomic E-state index is 12.6. The van der Waals surface area contributed by atoms with Crippen molar-refractivity contribution < 1.29 is 19.4 Å². The average Bonchev–Trinajstić information content (AvgIpc) is 2.81. The summed E-state index contributed by atoms with van der Waals surface area (Å²) < 4.78 is 12.1. The summed E-state index contributed by atoms with van der Waals surface area (Å²) in [6.45, 7) is 5.63. The number of halogens is 1. The Balaban J connectivity index is 1.99. The quantitative estimate of drug-likeness (QED) is 0.329. The Hall–Kier alpha value is -3.48. The second-order valence-corrected chi connectivity index (χ2v) is 9.30. The van der Waals surface area contributed by atoms with Gasteiger partial charge in [0.1, 0.15) is 12.9 Å². The van der Waals surface area contributed by atoms with Crippen LogP contribution in [0.5, 0.6) is 5.75 Å². The van der Waals surface area contributed by atoms with E-state index in [-0.39, 0.29) is 6.61 Å². The van der Waals surface area contributed by atoms with Crippen LogP contribution < -0.4 is 4.74 Å². The number of carboxylic acids is 1. The second kappa shape index (κ2) is 9.79. The fraction of sp³-hybridized carbons (Fsp3) is 0.222. The zero-order valence-corrected chi connectivity index (χ0v) is 19.9. The predicted octanol–water partition coefficient (Wildman–Crippen LogP) is 6.47. The van der Waals surface area contributed by atoms with Gasteiger partial charge in [-0.3, -0.25) is 0 Å². The highest BCUT2D eigenvalue weighted by atomic mass is 35.5. The first-order valence-electron chi connectivity index (χ1n) is 10.8. The molecule has 1 unspecified atom stereocenters. The number of aliphatic carboxylic acids is 1. The number of nitrogens with zero attached hydrogens (tertiary/aromatic N) is 2. The normalized spacial score (nSPS) is 12.5. The van der Waals surface area contributed by atoms with E-state index in [0.717, 1.165) is 21.9 Å². The summed E-state index contributed by atoms with van der Waals surface area (Å²) in [5.41, 5.74) is 2.15. The number of hydrogen-bond acceptors (Lipinski definition) is 5. The minimum absolute atomic E-state index is 0.116. The van der Waals surface area contributed by atoms with Crippen LogP contribution in [-0.4, -0.2) is 26.6 Å². The molecule has 1 heterocycles. The van der Waals surface area contributed by atoms with Gasteiger partial charge in [-0.1, -0.05) is 48.0 Å². The van der Waals surface area contributed by atoms with Crippen LogP contribution >= 0.6 is 11.6 Å². The molecule has 0 radical (unpaired) electrons. The van der Waals surface area contributed by atoms with Crippen molar-refractivity contribution in [2.24, 2.45) is 0 Å². The molecule has 0 amide bonds. The number of aromatic nitrogens is 2. The van der Waals surface area contributed by atoms with Gasteiger partial charge >= 0.3 is 5.97 Å². The largest absolute Gasteiger partial charge is 0.486 e. The van der Waals surface area contributed by atoms with Crippen LogP contribution in [-0.2, 0) is 16.1 Å². The minimum atomic E-state index is -1.22. The van der Waals surface area contributed by atoms with Crippen LogP contribution in [0.2, 0.25) is 5.02 Å². The highest BCUT2D eigenvalue weighted by Crippen LogP contribution is 2.41. The van der Waals surface area contributed by atoms with Crippen molar-refractivity contribution in [3.8, 4) is 16.9 Å². The number of hydrogen-bond donors (Lipinski definition) is 1.